The summed E-state index contributed by atoms with van der Waals surface area (Å²) in [7, 11) is 0. The maximum absolute atomic E-state index is 3.99. The van der Waals surface area contributed by atoms with Crippen LogP contribution >= 0.6 is 0 Å². The summed E-state index contributed by atoms with van der Waals surface area (Å²) in [6.07, 6.45) is 15.2. The maximum Gasteiger partial charge on any atom is -0.0199 e. The lowest BCUT2D eigenvalue weighted by Gasteiger charge is -2.17. The van der Waals surface area contributed by atoms with Gasteiger partial charge in [-0.15, -0.1) is 13.2 Å². The van der Waals surface area contributed by atoms with E-state index in [2.05, 4.69) is 46.1 Å². The van der Waals surface area contributed by atoms with Gasteiger partial charge in [0.05, 0.1) is 0 Å². The van der Waals surface area contributed by atoms with Crippen molar-refractivity contribution in [2.75, 3.05) is 0 Å². The summed E-state index contributed by atoms with van der Waals surface area (Å²) in [5, 5.41) is 0. The maximum atomic E-state index is 3.99. The summed E-state index contributed by atoms with van der Waals surface area (Å²) < 4.78 is 0. The zero-order valence-corrected chi connectivity index (χ0v) is 12.8. The van der Waals surface area contributed by atoms with E-state index in [1.54, 1.807) is 5.57 Å². The second-order valence-corrected chi connectivity index (χ2v) is 5.47. The van der Waals surface area contributed by atoms with E-state index < -0.39 is 0 Å². The normalized spacial score (nSPS) is 15.2. The van der Waals surface area contributed by atoms with Crippen molar-refractivity contribution >= 4 is 0 Å². The van der Waals surface area contributed by atoms with Crippen LogP contribution in [0.5, 0.6) is 0 Å². The molecule has 0 spiro atoms. The van der Waals surface area contributed by atoms with Gasteiger partial charge in [-0.2, -0.15) is 0 Å². The summed E-state index contributed by atoms with van der Waals surface area (Å²) >= 11 is 0. The predicted molar refractivity (Wildman–Crippen MR) is 84.8 cm³/mol. The van der Waals surface area contributed by atoms with Crippen LogP contribution in [-0.2, 0) is 0 Å². The number of rotatable bonds is 11. The molecule has 0 aromatic carbocycles. The molecule has 0 aromatic rings. The van der Waals surface area contributed by atoms with Crippen molar-refractivity contribution in [1.29, 1.82) is 0 Å². The van der Waals surface area contributed by atoms with Gasteiger partial charge in [0.25, 0.3) is 0 Å². The van der Waals surface area contributed by atoms with E-state index in [1.807, 2.05) is 6.08 Å². The largest absolute Gasteiger partial charge is 0.103 e. The molecular weight excluding hydrogens is 216 g/mol. The zero-order valence-electron chi connectivity index (χ0n) is 12.8. The van der Waals surface area contributed by atoms with Gasteiger partial charge in [0.2, 0.25) is 0 Å². The Bertz CT molecular complexity index is 247. The number of unbranched alkanes of at least 4 members (excludes halogenated alkanes) is 1. The van der Waals surface area contributed by atoms with Crippen LogP contribution in [0, 0.1) is 11.8 Å². The van der Waals surface area contributed by atoms with E-state index in [1.165, 1.54) is 38.5 Å². The van der Waals surface area contributed by atoms with E-state index in [4.69, 9.17) is 0 Å². The van der Waals surface area contributed by atoms with Crippen LogP contribution in [0.2, 0.25) is 0 Å². The third kappa shape index (κ3) is 8.33. The average Bonchev–Trinajstić information content (AvgIpc) is 2.35. The van der Waals surface area contributed by atoms with Crippen molar-refractivity contribution in [3.8, 4) is 0 Å². The Morgan fingerprint density at radius 2 is 1.83 bits per heavy atom. The minimum Gasteiger partial charge on any atom is -0.103 e. The van der Waals surface area contributed by atoms with Crippen LogP contribution in [0.3, 0.4) is 0 Å². The summed E-state index contributed by atoms with van der Waals surface area (Å²) in [6, 6.07) is 0. The van der Waals surface area contributed by atoms with Crippen LogP contribution in [0.25, 0.3) is 0 Å². The summed E-state index contributed by atoms with van der Waals surface area (Å²) in [4.78, 5) is 0. The van der Waals surface area contributed by atoms with Crippen molar-refractivity contribution in [2.24, 2.45) is 11.8 Å². The molecule has 0 rings (SSSR count). The second kappa shape index (κ2) is 11.3. The molecule has 2 unspecified atom stereocenters. The van der Waals surface area contributed by atoms with Gasteiger partial charge in [0, 0.05) is 0 Å². The summed E-state index contributed by atoms with van der Waals surface area (Å²) in [5.41, 5.74) is 1.63. The lowest BCUT2D eigenvalue weighted by atomic mass is 9.88. The molecule has 0 aliphatic carbocycles. The van der Waals surface area contributed by atoms with Crippen molar-refractivity contribution in [3.05, 3.63) is 37.0 Å². The van der Waals surface area contributed by atoms with Gasteiger partial charge in [-0.05, 0) is 43.9 Å². The first-order valence-electron chi connectivity index (χ1n) is 7.59. The molecule has 0 heteroatoms. The molecule has 0 aliphatic rings. The fourth-order valence-electron chi connectivity index (χ4n) is 2.42. The van der Waals surface area contributed by atoms with Gasteiger partial charge < -0.3 is 0 Å². The van der Waals surface area contributed by atoms with Crippen molar-refractivity contribution in [3.63, 3.8) is 0 Å². The Labute approximate surface area is 115 Å². The van der Waals surface area contributed by atoms with E-state index in [-0.39, 0.29) is 0 Å². The molecule has 0 fully saturated rings. The molecule has 104 valence electrons. The molecule has 0 nitrogen and oxygen atoms in total. The quantitative estimate of drug-likeness (QED) is 0.376. The molecule has 0 aliphatic heterocycles. The first kappa shape index (κ1) is 17.2. The molecule has 0 bridgehead atoms. The van der Waals surface area contributed by atoms with Crippen LogP contribution in [-0.4, -0.2) is 0 Å². The highest BCUT2D eigenvalue weighted by molar-refractivity contribution is 5.06. The standard InChI is InChI=1S/C18H32/c1-6-10-13-18(14-16(5)11-7-2)15-17(9-4)12-8-3/h7,9,13,16-17H,2,4,6,8,10-12,14-15H2,1,3,5H3. The van der Waals surface area contributed by atoms with Gasteiger partial charge in [0.15, 0.2) is 0 Å². The molecule has 2 atom stereocenters. The van der Waals surface area contributed by atoms with E-state index in [9.17, 15) is 0 Å². The highest BCUT2D eigenvalue weighted by atomic mass is 14.2. The van der Waals surface area contributed by atoms with E-state index >= 15 is 0 Å². The highest BCUT2D eigenvalue weighted by Crippen LogP contribution is 2.25. The van der Waals surface area contributed by atoms with Gasteiger partial charge in [-0.1, -0.05) is 57.4 Å². The van der Waals surface area contributed by atoms with Gasteiger partial charge in [-0.25, -0.2) is 0 Å². The Balaban J connectivity index is 4.46. The van der Waals surface area contributed by atoms with Crippen molar-refractivity contribution in [1.82, 2.24) is 0 Å². The first-order valence-corrected chi connectivity index (χ1v) is 7.59. The fraction of sp³-hybridized carbons (Fsp3) is 0.667. The Kier molecular flexibility index (Phi) is 10.8. The third-order valence-electron chi connectivity index (χ3n) is 3.42. The van der Waals surface area contributed by atoms with Gasteiger partial charge in [0.1, 0.15) is 0 Å². The van der Waals surface area contributed by atoms with E-state index in [0.717, 1.165) is 12.3 Å². The smallest absolute Gasteiger partial charge is 0.0199 e. The van der Waals surface area contributed by atoms with Crippen LogP contribution in [0.1, 0.15) is 65.7 Å². The molecule has 0 N–H and O–H groups in total. The lowest BCUT2D eigenvalue weighted by molar-refractivity contribution is 0.522. The topological polar surface area (TPSA) is 0 Å². The van der Waals surface area contributed by atoms with E-state index in [0.29, 0.717) is 5.92 Å². The molecular formula is C18H32. The van der Waals surface area contributed by atoms with Crippen molar-refractivity contribution in [2.45, 2.75) is 65.7 Å². The van der Waals surface area contributed by atoms with Crippen LogP contribution in [0.4, 0.5) is 0 Å². The SMILES string of the molecule is C=CCC(C)CC(=CCCC)CC(C=C)CCC. The highest BCUT2D eigenvalue weighted by Gasteiger charge is 2.09. The monoisotopic (exact) mass is 248 g/mol. The van der Waals surface area contributed by atoms with Crippen LogP contribution < -0.4 is 0 Å². The minimum absolute atomic E-state index is 0.661. The van der Waals surface area contributed by atoms with Gasteiger partial charge >= 0.3 is 0 Å². The first-order chi connectivity index (χ1) is 8.67. The molecule has 0 saturated heterocycles. The fourth-order valence-corrected chi connectivity index (χ4v) is 2.42. The molecule has 0 saturated carbocycles. The minimum atomic E-state index is 0.661. The average molecular weight is 248 g/mol. The second-order valence-electron chi connectivity index (χ2n) is 5.47. The number of allylic oxidation sites excluding steroid dienone is 4. The summed E-state index contributed by atoms with van der Waals surface area (Å²) in [6.45, 7) is 14.7. The lowest BCUT2D eigenvalue weighted by Crippen LogP contribution is -2.02. The Morgan fingerprint density at radius 1 is 1.11 bits per heavy atom. The molecule has 0 aromatic heterocycles. The number of hydrogen-bond donors (Lipinski definition) is 0. The van der Waals surface area contributed by atoms with Crippen molar-refractivity contribution < 1.29 is 0 Å². The molecule has 0 heterocycles. The predicted octanol–water partition coefficient (Wildman–Crippen LogP) is 6.31. The molecule has 0 radical (unpaired) electrons. The van der Waals surface area contributed by atoms with Gasteiger partial charge in [-0.3, -0.25) is 0 Å². The Hall–Kier alpha value is -0.780. The molecule has 18 heavy (non-hydrogen) atoms. The van der Waals surface area contributed by atoms with Crippen LogP contribution in [0.15, 0.2) is 37.0 Å². The number of hydrogen-bond acceptors (Lipinski definition) is 0. The zero-order chi connectivity index (χ0) is 13.8. The third-order valence-corrected chi connectivity index (χ3v) is 3.42. The summed E-state index contributed by atoms with van der Waals surface area (Å²) in [5.74, 6) is 1.38. The Morgan fingerprint density at radius 3 is 2.33 bits per heavy atom. The molecule has 0 amide bonds.